The van der Waals surface area contributed by atoms with Gasteiger partial charge in [0.25, 0.3) is 5.56 Å². The van der Waals surface area contributed by atoms with Gasteiger partial charge >= 0.3 is 5.97 Å². The van der Waals surface area contributed by atoms with Gasteiger partial charge in [-0.2, -0.15) is 0 Å². The summed E-state index contributed by atoms with van der Waals surface area (Å²) in [5.41, 5.74) is -0.294. The molecule has 0 saturated heterocycles. The lowest BCUT2D eigenvalue weighted by Crippen LogP contribution is -2.07. The zero-order valence-corrected chi connectivity index (χ0v) is 12.3. The minimum absolute atomic E-state index is 0.00706. The normalized spacial score (nSPS) is 10.4. The van der Waals surface area contributed by atoms with Gasteiger partial charge in [0, 0.05) is 4.90 Å². The molecule has 5 nitrogen and oxygen atoms in total. The van der Waals surface area contributed by atoms with Gasteiger partial charge in [0.05, 0.1) is 16.9 Å². The highest BCUT2D eigenvalue weighted by molar-refractivity contribution is 9.10. The molecule has 2 aromatic rings. The Bertz CT molecular complexity index is 705. The van der Waals surface area contributed by atoms with E-state index in [-0.39, 0.29) is 16.1 Å². The summed E-state index contributed by atoms with van der Waals surface area (Å²) in [5.74, 6) is -1.11. The van der Waals surface area contributed by atoms with Crippen LogP contribution in [0.5, 0.6) is 0 Å². The standard InChI is InChI=1S/C11H6BrClN2O3S/c12-8-9(16)14-4-15-10(8)19-5-1-2-7(13)6(3-5)11(17)18/h1-4H,(H,17,18)(H,14,15,16). The van der Waals surface area contributed by atoms with Crippen LogP contribution in [0, 0.1) is 0 Å². The monoisotopic (exact) mass is 360 g/mol. The molecule has 0 atom stereocenters. The number of carbonyl (C=O) groups is 1. The van der Waals surface area contributed by atoms with Crippen LogP contribution in [0.1, 0.15) is 10.4 Å². The molecule has 0 unspecified atom stereocenters. The fraction of sp³-hybridized carbons (Fsp3) is 0. The molecule has 8 heteroatoms. The molecule has 0 bridgehead atoms. The third-order valence-electron chi connectivity index (χ3n) is 2.15. The van der Waals surface area contributed by atoms with Gasteiger partial charge in [-0.25, -0.2) is 9.78 Å². The minimum Gasteiger partial charge on any atom is -0.478 e. The van der Waals surface area contributed by atoms with E-state index < -0.39 is 5.97 Å². The summed E-state index contributed by atoms with van der Waals surface area (Å²) in [6.07, 6.45) is 1.28. The van der Waals surface area contributed by atoms with Crippen molar-refractivity contribution in [3.63, 3.8) is 0 Å². The van der Waals surface area contributed by atoms with Crippen molar-refractivity contribution in [2.24, 2.45) is 0 Å². The molecule has 0 aliphatic carbocycles. The van der Waals surface area contributed by atoms with Crippen LogP contribution in [0.25, 0.3) is 0 Å². The molecule has 2 N–H and O–H groups in total. The molecule has 1 heterocycles. The Morgan fingerprint density at radius 3 is 2.89 bits per heavy atom. The first-order valence-electron chi connectivity index (χ1n) is 4.93. The Kier molecular flexibility index (Phi) is 4.28. The second kappa shape index (κ2) is 5.77. The van der Waals surface area contributed by atoms with Gasteiger partial charge in [0.15, 0.2) is 0 Å². The number of hydrogen-bond acceptors (Lipinski definition) is 4. The third kappa shape index (κ3) is 3.17. The van der Waals surface area contributed by atoms with E-state index in [2.05, 4.69) is 25.9 Å². The summed E-state index contributed by atoms with van der Waals surface area (Å²) < 4.78 is 0.298. The Balaban J connectivity index is 2.39. The summed E-state index contributed by atoms with van der Waals surface area (Å²) >= 11 is 10.1. The second-order valence-electron chi connectivity index (χ2n) is 3.40. The van der Waals surface area contributed by atoms with Gasteiger partial charge in [-0.15, -0.1) is 0 Å². The smallest absolute Gasteiger partial charge is 0.337 e. The quantitative estimate of drug-likeness (QED) is 0.821. The molecular weight excluding hydrogens is 356 g/mol. The lowest BCUT2D eigenvalue weighted by Gasteiger charge is -2.04. The van der Waals surface area contributed by atoms with E-state index >= 15 is 0 Å². The second-order valence-corrected chi connectivity index (χ2v) is 5.66. The number of carboxylic acids is 1. The Morgan fingerprint density at radius 1 is 1.47 bits per heavy atom. The van der Waals surface area contributed by atoms with E-state index in [4.69, 9.17) is 16.7 Å². The van der Waals surface area contributed by atoms with Crippen molar-refractivity contribution in [3.05, 3.63) is 49.9 Å². The fourth-order valence-corrected chi connectivity index (χ4v) is 2.76. The average molecular weight is 362 g/mol. The maximum Gasteiger partial charge on any atom is 0.337 e. The van der Waals surface area contributed by atoms with E-state index in [9.17, 15) is 9.59 Å². The molecule has 2 rings (SSSR count). The predicted octanol–water partition coefficient (Wildman–Crippen LogP) is 3.04. The number of aromatic carboxylic acids is 1. The van der Waals surface area contributed by atoms with E-state index in [1.54, 1.807) is 6.07 Å². The van der Waals surface area contributed by atoms with E-state index in [0.717, 1.165) is 0 Å². The maximum absolute atomic E-state index is 11.4. The van der Waals surface area contributed by atoms with Crippen LogP contribution in [-0.2, 0) is 0 Å². The number of aromatic nitrogens is 2. The molecule has 0 fully saturated rings. The van der Waals surface area contributed by atoms with Crippen molar-refractivity contribution in [2.75, 3.05) is 0 Å². The van der Waals surface area contributed by atoms with Crippen LogP contribution in [-0.4, -0.2) is 21.0 Å². The number of benzene rings is 1. The molecule has 0 radical (unpaired) electrons. The lowest BCUT2D eigenvalue weighted by molar-refractivity contribution is 0.0697. The molecule has 0 spiro atoms. The first-order valence-corrected chi connectivity index (χ1v) is 6.91. The van der Waals surface area contributed by atoms with Crippen LogP contribution in [0.2, 0.25) is 5.02 Å². The summed E-state index contributed by atoms with van der Waals surface area (Å²) in [7, 11) is 0. The van der Waals surface area contributed by atoms with Crippen LogP contribution in [0.3, 0.4) is 0 Å². The first kappa shape index (κ1) is 14.1. The maximum atomic E-state index is 11.4. The van der Waals surface area contributed by atoms with Crippen molar-refractivity contribution in [1.82, 2.24) is 9.97 Å². The minimum atomic E-state index is -1.11. The fourth-order valence-electron chi connectivity index (χ4n) is 1.28. The van der Waals surface area contributed by atoms with E-state index in [1.807, 2.05) is 0 Å². The molecule has 1 aromatic carbocycles. The average Bonchev–Trinajstić information content (AvgIpc) is 2.37. The van der Waals surface area contributed by atoms with Crippen molar-refractivity contribution in [1.29, 1.82) is 0 Å². The number of H-pyrrole nitrogens is 1. The summed E-state index contributed by atoms with van der Waals surface area (Å²) in [5, 5.41) is 9.59. The first-order chi connectivity index (χ1) is 8.99. The van der Waals surface area contributed by atoms with E-state index in [0.29, 0.717) is 14.4 Å². The van der Waals surface area contributed by atoms with Gasteiger partial charge in [-0.3, -0.25) is 4.79 Å². The third-order valence-corrected chi connectivity index (χ3v) is 4.47. The highest BCUT2D eigenvalue weighted by atomic mass is 79.9. The number of halogens is 2. The molecule has 0 aliphatic heterocycles. The van der Waals surface area contributed by atoms with Gasteiger partial charge in [0.1, 0.15) is 9.50 Å². The summed E-state index contributed by atoms with van der Waals surface area (Å²) in [6, 6.07) is 4.59. The van der Waals surface area contributed by atoms with Gasteiger partial charge in [0.2, 0.25) is 0 Å². The SMILES string of the molecule is O=C(O)c1cc(Sc2nc[nH]c(=O)c2Br)ccc1Cl. The summed E-state index contributed by atoms with van der Waals surface area (Å²) in [4.78, 5) is 29.4. The van der Waals surface area contributed by atoms with Crippen LogP contribution in [0.15, 0.2) is 43.7 Å². The summed E-state index contributed by atoms with van der Waals surface area (Å²) in [6.45, 7) is 0. The number of nitrogens with one attached hydrogen (secondary N) is 1. The van der Waals surface area contributed by atoms with Crippen molar-refractivity contribution in [3.8, 4) is 0 Å². The zero-order chi connectivity index (χ0) is 14.0. The lowest BCUT2D eigenvalue weighted by atomic mass is 10.2. The molecule has 0 saturated carbocycles. The van der Waals surface area contributed by atoms with E-state index in [1.165, 1.54) is 30.2 Å². The Morgan fingerprint density at radius 2 is 2.21 bits per heavy atom. The Labute approximate surface area is 125 Å². The zero-order valence-electron chi connectivity index (χ0n) is 9.18. The Hall–Kier alpha value is -1.31. The van der Waals surface area contributed by atoms with Gasteiger partial charge < -0.3 is 10.1 Å². The highest BCUT2D eigenvalue weighted by Crippen LogP contribution is 2.31. The topological polar surface area (TPSA) is 83.0 Å². The number of rotatable bonds is 3. The van der Waals surface area contributed by atoms with Crippen LogP contribution >= 0.6 is 39.3 Å². The number of carboxylic acid groups (broad SMARTS) is 1. The molecule has 0 aliphatic rings. The molecule has 19 heavy (non-hydrogen) atoms. The number of aromatic amines is 1. The molecular formula is C11H6BrClN2O3S. The van der Waals surface area contributed by atoms with Crippen molar-refractivity contribution >= 4 is 45.3 Å². The molecule has 98 valence electrons. The van der Waals surface area contributed by atoms with Crippen molar-refractivity contribution in [2.45, 2.75) is 9.92 Å². The largest absolute Gasteiger partial charge is 0.478 e. The number of nitrogens with zero attached hydrogens (tertiary/aromatic N) is 1. The van der Waals surface area contributed by atoms with Crippen LogP contribution in [0.4, 0.5) is 0 Å². The van der Waals surface area contributed by atoms with Crippen LogP contribution < -0.4 is 5.56 Å². The van der Waals surface area contributed by atoms with Gasteiger partial charge in [-0.1, -0.05) is 23.4 Å². The van der Waals surface area contributed by atoms with Gasteiger partial charge in [-0.05, 0) is 34.1 Å². The molecule has 0 amide bonds. The van der Waals surface area contributed by atoms with Crippen molar-refractivity contribution < 1.29 is 9.90 Å². The predicted molar refractivity (Wildman–Crippen MR) is 75.1 cm³/mol. The highest BCUT2D eigenvalue weighted by Gasteiger charge is 2.12. The molecule has 1 aromatic heterocycles. The number of hydrogen-bond donors (Lipinski definition) is 2.